The molecule has 6 aromatic carbocycles. The number of aromatic nitrogens is 9. The van der Waals surface area contributed by atoms with Gasteiger partial charge in [-0.25, -0.2) is 0 Å². The number of carboxylic acids is 1. The molecule has 22 heteroatoms. The molecule has 3 fully saturated rings. The molecule has 12 aromatic rings. The van der Waals surface area contributed by atoms with E-state index in [2.05, 4.69) is 148 Å². The molecule has 0 saturated carbocycles. The number of hydrogen-bond acceptors (Lipinski definition) is 15. The average Bonchev–Trinajstić information content (AvgIpc) is 1.64. The Bertz CT molecular complexity index is 4770. The summed E-state index contributed by atoms with van der Waals surface area (Å²) in [4.78, 5) is 54.3. The molecule has 2 N–H and O–H groups in total. The molecule has 20 nitrogen and oxygen atoms in total. The summed E-state index contributed by atoms with van der Waals surface area (Å²) in [6, 6.07) is 50.3. The Labute approximate surface area is 610 Å². The number of fused-ring (bicyclic) bond motifs is 3. The summed E-state index contributed by atoms with van der Waals surface area (Å²) >= 11 is 3.43. The van der Waals surface area contributed by atoms with E-state index in [0.717, 1.165) is 108 Å². The number of carbonyl (C=O) groups is 3. The van der Waals surface area contributed by atoms with Crippen LogP contribution in [0.2, 0.25) is 0 Å². The van der Waals surface area contributed by atoms with Gasteiger partial charge in [0, 0.05) is 123 Å². The van der Waals surface area contributed by atoms with Gasteiger partial charge in [-0.3, -0.25) is 43.4 Å². The number of piperidine rings is 2. The minimum atomic E-state index is -0.909. The van der Waals surface area contributed by atoms with Crippen molar-refractivity contribution in [1.82, 2.24) is 64.3 Å². The lowest BCUT2D eigenvalue weighted by atomic mass is 9.78. The van der Waals surface area contributed by atoms with Crippen LogP contribution in [0.5, 0.6) is 0 Å². The molecule has 0 radical (unpaired) electrons. The van der Waals surface area contributed by atoms with Crippen LogP contribution in [0.3, 0.4) is 0 Å². The first-order chi connectivity index (χ1) is 49.7. The van der Waals surface area contributed by atoms with Crippen molar-refractivity contribution in [2.45, 2.75) is 96.3 Å². The van der Waals surface area contributed by atoms with E-state index in [1.54, 1.807) is 28.0 Å². The van der Waals surface area contributed by atoms with Crippen LogP contribution in [0.15, 0.2) is 224 Å². The fourth-order valence-corrected chi connectivity index (χ4v) is 13.0. The number of halogens is 1. The van der Waals surface area contributed by atoms with Gasteiger partial charge in [-0.05, 0) is 166 Å². The van der Waals surface area contributed by atoms with Crippen LogP contribution in [0, 0.1) is 0 Å². The molecule has 0 bridgehead atoms. The minimum Gasteiger partial charge on any atom is -0.480 e. The summed E-state index contributed by atoms with van der Waals surface area (Å²) in [6.45, 7) is 13.0. The number of amides is 1. The van der Waals surface area contributed by atoms with Crippen LogP contribution in [0.1, 0.15) is 53.4 Å². The number of aliphatic carboxylic acids is 1. The second-order valence-electron chi connectivity index (χ2n) is 27.2. The fraction of sp³-hybridized carbons (Fsp3) is 0.296. The molecule has 3 aliphatic rings. The number of likely N-dealkylation sites (tertiary alicyclic amines) is 2. The van der Waals surface area contributed by atoms with Crippen LogP contribution < -0.4 is 10.8 Å². The van der Waals surface area contributed by atoms with Crippen molar-refractivity contribution in [1.29, 1.82) is 0 Å². The molecule has 0 atom stereocenters. The van der Waals surface area contributed by atoms with Crippen molar-refractivity contribution >= 4 is 78.7 Å². The van der Waals surface area contributed by atoms with Crippen molar-refractivity contribution in [2.24, 2.45) is 0 Å². The first kappa shape index (κ1) is 74.1. The Morgan fingerprint density at radius 2 is 0.913 bits per heavy atom. The zero-order chi connectivity index (χ0) is 72.6. The molecule has 9 heterocycles. The van der Waals surface area contributed by atoms with Gasteiger partial charge in [0.05, 0.1) is 36.9 Å². The summed E-state index contributed by atoms with van der Waals surface area (Å²) in [5.41, 5.74) is 10.6. The number of nitrogens with one attached hydrogen (secondary N) is 1. The van der Waals surface area contributed by atoms with Gasteiger partial charge in [-0.1, -0.05) is 146 Å². The maximum atomic E-state index is 12.8. The Kier molecular flexibility index (Phi) is 24.7. The molecule has 1 amide bonds. The van der Waals surface area contributed by atoms with Gasteiger partial charge in [-0.2, -0.15) is 15.3 Å². The number of ether oxygens (including phenoxy) is 1. The molecule has 3 saturated heterocycles. The number of benzene rings is 6. The molecular weight excluding hydrogens is 1360 g/mol. The lowest BCUT2D eigenvalue weighted by Crippen LogP contribution is -2.45. The van der Waals surface area contributed by atoms with E-state index in [1.165, 1.54) is 59.3 Å². The quantitative estimate of drug-likeness (QED) is 0.0765. The largest absolute Gasteiger partial charge is 0.494 e. The first-order valence-corrected chi connectivity index (χ1v) is 35.5. The second-order valence-corrected chi connectivity index (χ2v) is 28.0. The van der Waals surface area contributed by atoms with Crippen LogP contribution in [0.4, 0.5) is 0 Å². The third-order valence-corrected chi connectivity index (χ3v) is 20.2. The molecule has 103 heavy (non-hydrogen) atoms. The first-order valence-electron chi connectivity index (χ1n) is 34.7. The molecular formula is C81H89BBrN13O7. The second kappa shape index (κ2) is 34.3. The molecule has 530 valence electrons. The van der Waals surface area contributed by atoms with Crippen molar-refractivity contribution in [2.75, 3.05) is 61.5 Å². The van der Waals surface area contributed by atoms with E-state index in [-0.39, 0.29) is 49.8 Å². The summed E-state index contributed by atoms with van der Waals surface area (Å²) in [5.74, 6) is -1.13. The van der Waals surface area contributed by atoms with E-state index < -0.39 is 5.97 Å². The van der Waals surface area contributed by atoms with Crippen molar-refractivity contribution in [3.05, 3.63) is 224 Å². The fourth-order valence-electron chi connectivity index (χ4n) is 12.5. The minimum absolute atomic E-state index is 0.0997. The van der Waals surface area contributed by atoms with Crippen LogP contribution in [-0.4, -0.2) is 174 Å². The third kappa shape index (κ3) is 19.2. The summed E-state index contributed by atoms with van der Waals surface area (Å²) < 4.78 is 22.5. The van der Waals surface area contributed by atoms with E-state index in [0.29, 0.717) is 6.04 Å². The molecule has 0 unspecified atom stereocenters. The lowest BCUT2D eigenvalue weighted by molar-refractivity contribution is -0.141. The van der Waals surface area contributed by atoms with Crippen molar-refractivity contribution in [3.63, 3.8) is 0 Å². The number of carbonyl (C=O) groups excluding carboxylic acids is 2. The summed E-state index contributed by atoms with van der Waals surface area (Å²) in [5, 5.41) is 31.8. The number of nitrogens with zero attached hydrogens (tertiary/aromatic N) is 12. The van der Waals surface area contributed by atoms with Crippen LogP contribution in [0.25, 0.3) is 88.0 Å². The monoisotopic (exact) mass is 1450 g/mol. The van der Waals surface area contributed by atoms with E-state index in [4.69, 9.17) is 14.4 Å². The molecule has 3 aliphatic heterocycles. The molecule has 6 aromatic heterocycles. The average molecular weight is 1450 g/mol. The van der Waals surface area contributed by atoms with E-state index in [1.807, 2.05) is 180 Å². The highest BCUT2D eigenvalue weighted by Crippen LogP contribution is 2.37. The lowest BCUT2D eigenvalue weighted by Gasteiger charge is -2.35. The normalized spacial score (nSPS) is 15.2. The zero-order valence-corrected chi connectivity index (χ0v) is 61.5. The van der Waals surface area contributed by atoms with Gasteiger partial charge in [0.25, 0.3) is 0 Å². The Morgan fingerprint density at radius 1 is 0.524 bits per heavy atom. The smallest absolute Gasteiger partial charge is 0.480 e. The SMILES string of the molecule is Brc1cncc2ccccc12.CN1CCC(N(C)C(=O)Cn2cc(-c3ccc(-c4cncc5ccccc45)cc3)cn2)CC1.CNC1CCN(C)CC1.COC(=O)Cn1cc(-c2ccc(B3OC(C)(C)C(C)(C)O3)cc2)cn1.O=C(O)Cn1cc(-c2ccc(-c3cncc4ccccc34)cc2)cn1. The van der Waals surface area contributed by atoms with Gasteiger partial charge in [0.1, 0.15) is 19.6 Å². The van der Waals surface area contributed by atoms with Gasteiger partial charge < -0.3 is 39.2 Å². The molecule has 0 spiro atoms. The maximum Gasteiger partial charge on any atom is 0.494 e. The number of rotatable bonds is 14. The highest BCUT2D eigenvalue weighted by molar-refractivity contribution is 9.10. The number of hydrogen-bond donors (Lipinski definition) is 2. The highest BCUT2D eigenvalue weighted by Gasteiger charge is 2.51. The summed E-state index contributed by atoms with van der Waals surface area (Å²) in [7, 11) is 9.28. The number of pyridine rings is 3. The Morgan fingerprint density at radius 3 is 1.35 bits per heavy atom. The number of carboxylic acid groups (broad SMARTS) is 1. The van der Waals surface area contributed by atoms with Crippen LogP contribution in [-0.2, 0) is 48.1 Å². The number of likely N-dealkylation sites (N-methyl/N-ethyl adjacent to an activating group) is 1. The van der Waals surface area contributed by atoms with Crippen LogP contribution >= 0.6 is 15.9 Å². The van der Waals surface area contributed by atoms with Crippen molar-refractivity contribution < 1.29 is 33.5 Å². The van der Waals surface area contributed by atoms with Gasteiger partial charge in [-0.15, -0.1) is 0 Å². The summed E-state index contributed by atoms with van der Waals surface area (Å²) in [6.07, 6.45) is 26.7. The Balaban J connectivity index is 0.000000137. The predicted molar refractivity (Wildman–Crippen MR) is 412 cm³/mol. The van der Waals surface area contributed by atoms with Gasteiger partial charge >= 0.3 is 19.1 Å². The van der Waals surface area contributed by atoms with Gasteiger partial charge in [0.2, 0.25) is 5.91 Å². The predicted octanol–water partition coefficient (Wildman–Crippen LogP) is 13.5. The highest BCUT2D eigenvalue weighted by atomic mass is 79.9. The number of methoxy groups -OCH3 is 1. The third-order valence-electron chi connectivity index (χ3n) is 19.6. The van der Waals surface area contributed by atoms with Crippen molar-refractivity contribution in [3.8, 4) is 55.6 Å². The number of esters is 1. The van der Waals surface area contributed by atoms with Gasteiger partial charge in [0.15, 0.2) is 0 Å². The van der Waals surface area contributed by atoms with E-state index >= 15 is 0 Å². The Hall–Kier alpha value is -10.1. The molecule has 15 rings (SSSR count). The topological polar surface area (TPSA) is 213 Å². The maximum absolute atomic E-state index is 12.8. The zero-order valence-electron chi connectivity index (χ0n) is 59.9. The standard InChI is InChI=1S/C27H29N5O.C20H15N3O2.C18H23BN2O4.C9H6BrN.C7H16N2/c1-30-13-11-24(12-14-30)31(2)27(33)19-32-18-23(16-29-32)20-7-9-21(10-8-20)26-17-28-15-22-5-3-4-6-25(22)26;24-20(25)13-23-12-17(10-22-23)14-5-7-15(8-6-14)19-11-21-9-16-3-1-2-4-18(16)19;1-17(2)18(3,4)25-19(24-17)15-8-6-13(7-9-15)14-10-20-21(11-14)12-16(22)23-5;10-9-6-11-5-7-3-1-2-4-8(7)9;1-8-7-3-5-9(2)6-4-7/h3-10,15-18,24H,11-14,19H2,1-2H3;1-12H,13H2,(H,24,25);6-11H,12H2,1-5H3;1-6H;7-8H,3-6H2,1-2H3. The van der Waals surface area contributed by atoms with E-state index in [9.17, 15) is 14.4 Å². The molecule has 0 aliphatic carbocycles.